The maximum Gasteiger partial charge on any atom is 0.203 e. The van der Waals surface area contributed by atoms with Crippen molar-refractivity contribution in [2.75, 3.05) is 21.3 Å². The summed E-state index contributed by atoms with van der Waals surface area (Å²) in [5.41, 5.74) is 3.29. The van der Waals surface area contributed by atoms with E-state index in [0.29, 0.717) is 28.4 Å². The Balaban J connectivity index is 2.39. The lowest BCUT2D eigenvalue weighted by atomic mass is 10.0. The number of benzene rings is 2. The molecule has 0 N–H and O–H groups in total. The van der Waals surface area contributed by atoms with Crippen molar-refractivity contribution < 1.29 is 19.0 Å². The summed E-state index contributed by atoms with van der Waals surface area (Å²) in [6.07, 6.45) is 1.87. The number of allylic oxidation sites excluding steroid dienone is 1. The summed E-state index contributed by atoms with van der Waals surface area (Å²) in [4.78, 5) is 12.7. The Bertz CT molecular complexity index is 733. The Labute approximate surface area is 142 Å². The quantitative estimate of drug-likeness (QED) is 0.586. The average Bonchev–Trinajstić information content (AvgIpc) is 2.61. The minimum atomic E-state index is -0.0881. The summed E-state index contributed by atoms with van der Waals surface area (Å²) in [7, 11) is 4.59. The first-order valence-corrected chi connectivity index (χ1v) is 7.59. The van der Waals surface area contributed by atoms with Crippen LogP contribution in [0.2, 0.25) is 0 Å². The molecule has 0 aliphatic carbocycles. The third-order valence-corrected chi connectivity index (χ3v) is 3.75. The number of methoxy groups -OCH3 is 3. The van der Waals surface area contributed by atoms with Gasteiger partial charge in [0.05, 0.1) is 21.3 Å². The van der Waals surface area contributed by atoms with Crippen molar-refractivity contribution in [3.63, 3.8) is 0 Å². The molecule has 0 saturated carbocycles. The lowest BCUT2D eigenvalue weighted by Gasteiger charge is -2.13. The van der Waals surface area contributed by atoms with E-state index in [0.717, 1.165) is 5.56 Å². The predicted molar refractivity (Wildman–Crippen MR) is 95.3 cm³/mol. The predicted octanol–water partition coefficient (Wildman–Crippen LogP) is 4.31. The van der Waals surface area contributed by atoms with Crippen LogP contribution in [-0.2, 0) is 0 Å². The van der Waals surface area contributed by atoms with Crippen molar-refractivity contribution in [2.45, 2.75) is 13.8 Å². The van der Waals surface area contributed by atoms with Crippen molar-refractivity contribution in [1.29, 1.82) is 0 Å². The SMILES string of the molecule is COc1cc(C(=O)/C(C)=C/c2ccc(C)cc2)cc(OC)c1OC. The molecule has 24 heavy (non-hydrogen) atoms. The maximum atomic E-state index is 12.7. The van der Waals surface area contributed by atoms with Gasteiger partial charge in [0.1, 0.15) is 0 Å². The Morgan fingerprint density at radius 3 is 1.92 bits per heavy atom. The summed E-state index contributed by atoms with van der Waals surface area (Å²) in [5.74, 6) is 1.30. The molecule has 0 atom stereocenters. The number of carbonyl (C=O) groups is 1. The molecule has 0 saturated heterocycles. The number of hydrogen-bond acceptors (Lipinski definition) is 4. The van der Waals surface area contributed by atoms with Crippen molar-refractivity contribution in [3.8, 4) is 17.2 Å². The van der Waals surface area contributed by atoms with Gasteiger partial charge in [0, 0.05) is 5.56 Å². The van der Waals surface area contributed by atoms with Crippen LogP contribution in [0.4, 0.5) is 0 Å². The van der Waals surface area contributed by atoms with Gasteiger partial charge in [0.2, 0.25) is 5.75 Å². The third-order valence-electron chi connectivity index (χ3n) is 3.75. The molecule has 2 aromatic carbocycles. The van der Waals surface area contributed by atoms with Crippen LogP contribution in [0, 0.1) is 6.92 Å². The van der Waals surface area contributed by atoms with E-state index in [1.54, 1.807) is 19.1 Å². The van der Waals surface area contributed by atoms with Crippen LogP contribution < -0.4 is 14.2 Å². The van der Waals surface area contributed by atoms with Gasteiger partial charge in [0.15, 0.2) is 17.3 Å². The monoisotopic (exact) mass is 326 g/mol. The number of hydrogen-bond donors (Lipinski definition) is 0. The van der Waals surface area contributed by atoms with Crippen molar-refractivity contribution in [3.05, 3.63) is 58.7 Å². The van der Waals surface area contributed by atoms with Crippen LogP contribution in [0.1, 0.15) is 28.4 Å². The van der Waals surface area contributed by atoms with E-state index in [9.17, 15) is 4.79 Å². The molecule has 0 aliphatic heterocycles. The molecule has 126 valence electrons. The van der Waals surface area contributed by atoms with Gasteiger partial charge in [0.25, 0.3) is 0 Å². The van der Waals surface area contributed by atoms with E-state index in [4.69, 9.17) is 14.2 Å². The third kappa shape index (κ3) is 3.77. The molecule has 0 radical (unpaired) electrons. The molecule has 0 spiro atoms. The van der Waals surface area contributed by atoms with Gasteiger partial charge in [-0.1, -0.05) is 29.8 Å². The molecular formula is C20H22O4. The summed E-state index contributed by atoms with van der Waals surface area (Å²) in [5, 5.41) is 0. The molecule has 0 heterocycles. The van der Waals surface area contributed by atoms with Crippen molar-refractivity contribution in [2.24, 2.45) is 0 Å². The van der Waals surface area contributed by atoms with Gasteiger partial charge in [-0.15, -0.1) is 0 Å². The largest absolute Gasteiger partial charge is 0.493 e. The number of Topliss-reactive ketones (excluding diaryl/α,β-unsaturated/α-hetero) is 1. The van der Waals surface area contributed by atoms with Gasteiger partial charge < -0.3 is 14.2 Å². The number of ketones is 1. The van der Waals surface area contributed by atoms with Gasteiger partial charge in [-0.25, -0.2) is 0 Å². The first kappa shape index (κ1) is 17.6. The number of ether oxygens (including phenoxy) is 3. The first-order chi connectivity index (χ1) is 11.5. The van der Waals surface area contributed by atoms with E-state index in [-0.39, 0.29) is 5.78 Å². The lowest BCUT2D eigenvalue weighted by molar-refractivity contribution is 0.103. The number of carbonyl (C=O) groups excluding carboxylic acids is 1. The zero-order chi connectivity index (χ0) is 17.7. The zero-order valence-electron chi connectivity index (χ0n) is 14.7. The van der Waals surface area contributed by atoms with Gasteiger partial charge >= 0.3 is 0 Å². The van der Waals surface area contributed by atoms with Crippen LogP contribution in [-0.4, -0.2) is 27.1 Å². The molecule has 2 rings (SSSR count). The van der Waals surface area contributed by atoms with E-state index in [1.807, 2.05) is 37.3 Å². The fraction of sp³-hybridized carbons (Fsp3) is 0.250. The van der Waals surface area contributed by atoms with Crippen molar-refractivity contribution in [1.82, 2.24) is 0 Å². The molecule has 0 aliphatic rings. The summed E-state index contributed by atoms with van der Waals surface area (Å²) in [6, 6.07) is 11.3. The first-order valence-electron chi connectivity index (χ1n) is 7.59. The Morgan fingerprint density at radius 2 is 1.46 bits per heavy atom. The molecule has 0 fully saturated rings. The van der Waals surface area contributed by atoms with Crippen LogP contribution >= 0.6 is 0 Å². The highest BCUT2D eigenvalue weighted by molar-refractivity contribution is 6.11. The van der Waals surface area contributed by atoms with E-state index < -0.39 is 0 Å². The van der Waals surface area contributed by atoms with E-state index >= 15 is 0 Å². The molecule has 4 heteroatoms. The molecular weight excluding hydrogens is 304 g/mol. The molecule has 0 amide bonds. The van der Waals surface area contributed by atoms with E-state index in [1.165, 1.54) is 26.9 Å². The second-order valence-corrected chi connectivity index (χ2v) is 5.48. The zero-order valence-corrected chi connectivity index (χ0v) is 14.7. The molecule has 2 aromatic rings. The smallest absolute Gasteiger partial charge is 0.203 e. The van der Waals surface area contributed by atoms with Gasteiger partial charge in [-0.05, 0) is 43.2 Å². The van der Waals surface area contributed by atoms with Gasteiger partial charge in [-0.3, -0.25) is 4.79 Å². The summed E-state index contributed by atoms with van der Waals surface area (Å²) >= 11 is 0. The molecule has 0 unspecified atom stereocenters. The van der Waals surface area contributed by atoms with Gasteiger partial charge in [-0.2, -0.15) is 0 Å². The summed E-state index contributed by atoms with van der Waals surface area (Å²) < 4.78 is 15.9. The van der Waals surface area contributed by atoms with Crippen LogP contribution in [0.3, 0.4) is 0 Å². The minimum absolute atomic E-state index is 0.0881. The highest BCUT2D eigenvalue weighted by atomic mass is 16.5. The second kappa shape index (κ2) is 7.68. The van der Waals surface area contributed by atoms with Crippen molar-refractivity contribution >= 4 is 11.9 Å². The minimum Gasteiger partial charge on any atom is -0.493 e. The molecule has 0 bridgehead atoms. The average molecular weight is 326 g/mol. The van der Waals surface area contributed by atoms with E-state index in [2.05, 4.69) is 0 Å². The van der Waals surface area contributed by atoms with Crippen LogP contribution in [0.25, 0.3) is 6.08 Å². The number of rotatable bonds is 6. The Kier molecular flexibility index (Phi) is 5.64. The highest BCUT2D eigenvalue weighted by Crippen LogP contribution is 2.38. The molecule has 0 aromatic heterocycles. The Hall–Kier alpha value is -2.75. The summed E-state index contributed by atoms with van der Waals surface area (Å²) in [6.45, 7) is 3.83. The fourth-order valence-corrected chi connectivity index (χ4v) is 2.42. The molecule has 4 nitrogen and oxygen atoms in total. The Morgan fingerprint density at radius 1 is 0.917 bits per heavy atom. The maximum absolute atomic E-state index is 12.7. The standard InChI is InChI=1S/C20H22O4/c1-13-6-8-15(9-7-13)10-14(2)19(21)16-11-17(22-3)20(24-5)18(12-16)23-4/h6-12H,1-5H3/b14-10+. The van der Waals surface area contributed by atoms with Crippen LogP contribution in [0.5, 0.6) is 17.2 Å². The number of aryl methyl sites for hydroxylation is 1. The highest BCUT2D eigenvalue weighted by Gasteiger charge is 2.17. The topological polar surface area (TPSA) is 44.8 Å². The lowest BCUT2D eigenvalue weighted by Crippen LogP contribution is -2.04. The van der Waals surface area contributed by atoms with Crippen LogP contribution in [0.15, 0.2) is 42.0 Å². The fourth-order valence-electron chi connectivity index (χ4n) is 2.42. The normalized spacial score (nSPS) is 11.1. The second-order valence-electron chi connectivity index (χ2n) is 5.48.